The average Bonchev–Trinajstić information content (AvgIpc) is 3.39. The van der Waals surface area contributed by atoms with Gasteiger partial charge >= 0.3 is 12.1 Å². The molecule has 1 fully saturated rings. The van der Waals surface area contributed by atoms with Crippen molar-refractivity contribution in [1.82, 2.24) is 19.3 Å². The largest absolute Gasteiger partial charge is 0.444 e. The molecule has 2 aliphatic heterocycles. The number of aryl methyl sites for hydroxylation is 1. The number of nitrogens with zero attached hydrogens (tertiary/aromatic N) is 6. The second-order valence-corrected chi connectivity index (χ2v) is 11.5. The predicted octanol–water partition coefficient (Wildman–Crippen LogP) is 4.61. The van der Waals surface area contributed by atoms with Gasteiger partial charge in [0, 0.05) is 62.1 Å². The quantitative estimate of drug-likeness (QED) is 0.527. The van der Waals surface area contributed by atoms with Crippen LogP contribution in [0.5, 0.6) is 0 Å². The number of halogens is 1. The molecule has 2 aliphatic rings. The zero-order chi connectivity index (χ0) is 27.4. The molecule has 0 bridgehead atoms. The zero-order valence-corrected chi connectivity index (χ0v) is 22.7. The molecule has 3 aromatic heterocycles. The number of piperazine rings is 1. The van der Waals surface area contributed by atoms with E-state index in [9.17, 15) is 14.0 Å². The van der Waals surface area contributed by atoms with Crippen molar-refractivity contribution in [3.63, 3.8) is 0 Å². The number of carbonyl (C=O) groups excluding carboxylic acids is 2. The molecule has 38 heavy (non-hydrogen) atoms. The van der Waals surface area contributed by atoms with Crippen LogP contribution in [0.15, 0.2) is 30.7 Å². The number of fused-ring (bicyclic) bond motifs is 2. The van der Waals surface area contributed by atoms with E-state index < -0.39 is 23.0 Å². The first kappa shape index (κ1) is 25.7. The Bertz CT molecular complexity index is 1410. The van der Waals surface area contributed by atoms with Crippen LogP contribution in [0.3, 0.4) is 0 Å². The molecule has 5 heterocycles. The van der Waals surface area contributed by atoms with Gasteiger partial charge in [0.1, 0.15) is 17.1 Å². The van der Waals surface area contributed by atoms with Crippen LogP contribution >= 0.6 is 0 Å². The first-order chi connectivity index (χ1) is 17.8. The first-order valence-corrected chi connectivity index (χ1v) is 12.8. The van der Waals surface area contributed by atoms with E-state index in [1.807, 2.05) is 47.6 Å². The SMILES string of the molecule is Cc1cn2cc(NC(=O)N3CCc4c(N5CCN(C(=O)OC(C)(C)C)C(C)(C)C5)ccnc43)c(F)cc2n1. The summed E-state index contributed by atoms with van der Waals surface area (Å²) in [6.07, 6.45) is 5.29. The third kappa shape index (κ3) is 4.84. The van der Waals surface area contributed by atoms with Crippen LogP contribution in [0.4, 0.5) is 31.2 Å². The van der Waals surface area contributed by atoms with E-state index in [1.54, 1.807) is 26.6 Å². The minimum Gasteiger partial charge on any atom is -0.444 e. The fourth-order valence-electron chi connectivity index (χ4n) is 5.19. The summed E-state index contributed by atoms with van der Waals surface area (Å²) in [5, 5.41) is 2.70. The van der Waals surface area contributed by atoms with Crippen molar-refractivity contribution in [3.05, 3.63) is 47.8 Å². The second kappa shape index (κ2) is 9.14. The maximum atomic E-state index is 14.7. The number of hydrogen-bond donors (Lipinski definition) is 1. The number of rotatable bonds is 2. The monoisotopic (exact) mass is 523 g/mol. The second-order valence-electron chi connectivity index (χ2n) is 11.5. The van der Waals surface area contributed by atoms with Gasteiger partial charge in [-0.15, -0.1) is 0 Å². The number of carbonyl (C=O) groups is 2. The molecule has 0 radical (unpaired) electrons. The van der Waals surface area contributed by atoms with Crippen LogP contribution < -0.4 is 15.1 Å². The van der Waals surface area contributed by atoms with Gasteiger partial charge in [-0.2, -0.15) is 0 Å². The van der Waals surface area contributed by atoms with Gasteiger partial charge in [0.15, 0.2) is 5.82 Å². The van der Waals surface area contributed by atoms with Gasteiger partial charge in [-0.1, -0.05) is 0 Å². The Morgan fingerprint density at radius 2 is 1.92 bits per heavy atom. The van der Waals surface area contributed by atoms with Crippen LogP contribution in [-0.2, 0) is 11.2 Å². The molecule has 10 nitrogen and oxygen atoms in total. The molecule has 0 atom stereocenters. The van der Waals surface area contributed by atoms with Gasteiger partial charge < -0.3 is 19.4 Å². The molecule has 3 amide bonds. The Kier molecular flexibility index (Phi) is 6.19. The van der Waals surface area contributed by atoms with Gasteiger partial charge in [-0.25, -0.2) is 23.9 Å². The fourth-order valence-corrected chi connectivity index (χ4v) is 5.19. The van der Waals surface area contributed by atoms with Crippen LogP contribution in [0.2, 0.25) is 0 Å². The molecule has 0 saturated carbocycles. The topological polar surface area (TPSA) is 95.3 Å². The Hall–Kier alpha value is -3.89. The van der Waals surface area contributed by atoms with Gasteiger partial charge in [0.2, 0.25) is 0 Å². The van der Waals surface area contributed by atoms with Crippen molar-refractivity contribution >= 4 is 35.0 Å². The van der Waals surface area contributed by atoms with Gasteiger partial charge in [0.05, 0.1) is 16.9 Å². The number of amides is 3. The van der Waals surface area contributed by atoms with E-state index in [1.165, 1.54) is 12.3 Å². The standard InChI is InChI=1S/C27H34FN7O3/c1-17-14-33-15-20(19(28)13-22(33)30-17)31-24(36)34-10-8-18-21(7-9-29-23(18)34)32-11-12-35(27(5,6)16-32)25(37)38-26(2,3)4/h7,9,13-15H,8,10-12,16H2,1-6H3,(H,31,36). The smallest absolute Gasteiger partial charge is 0.410 e. The van der Waals surface area contributed by atoms with Crippen LogP contribution in [0, 0.1) is 12.7 Å². The number of imidazole rings is 1. The third-order valence-electron chi connectivity index (χ3n) is 6.86. The summed E-state index contributed by atoms with van der Waals surface area (Å²) in [5.74, 6) is 0.00927. The molecule has 0 unspecified atom stereocenters. The van der Waals surface area contributed by atoms with Crippen molar-refractivity contribution in [2.45, 2.75) is 59.1 Å². The Morgan fingerprint density at radius 3 is 2.63 bits per heavy atom. The van der Waals surface area contributed by atoms with E-state index in [-0.39, 0.29) is 11.8 Å². The lowest BCUT2D eigenvalue weighted by atomic mass is 9.98. The number of pyridine rings is 2. The summed E-state index contributed by atoms with van der Waals surface area (Å²) >= 11 is 0. The lowest BCUT2D eigenvalue weighted by Gasteiger charge is -2.48. The number of hydrogen-bond acceptors (Lipinski definition) is 6. The number of urea groups is 1. The minimum absolute atomic E-state index is 0.0736. The van der Waals surface area contributed by atoms with E-state index in [2.05, 4.69) is 20.2 Å². The summed E-state index contributed by atoms with van der Waals surface area (Å²) in [6.45, 7) is 13.6. The van der Waals surface area contributed by atoms with Gasteiger partial charge in [-0.3, -0.25) is 9.80 Å². The Balaban J connectivity index is 1.34. The van der Waals surface area contributed by atoms with Crippen LogP contribution in [0.25, 0.3) is 5.65 Å². The van der Waals surface area contributed by atoms with Crippen molar-refractivity contribution in [3.8, 4) is 0 Å². The van der Waals surface area contributed by atoms with E-state index in [0.717, 1.165) is 16.9 Å². The minimum atomic E-state index is -0.563. The highest BCUT2D eigenvalue weighted by atomic mass is 19.1. The summed E-state index contributed by atoms with van der Waals surface area (Å²) in [6, 6.07) is 2.81. The van der Waals surface area contributed by atoms with Crippen LogP contribution in [-0.4, -0.2) is 68.7 Å². The summed E-state index contributed by atoms with van der Waals surface area (Å²) in [5.41, 5.74) is 2.23. The van der Waals surface area contributed by atoms with Crippen molar-refractivity contribution < 1.29 is 18.7 Å². The number of nitrogens with one attached hydrogen (secondary N) is 1. The number of aromatic nitrogens is 3. The van der Waals surface area contributed by atoms with Gasteiger partial charge in [0.25, 0.3) is 0 Å². The lowest BCUT2D eigenvalue weighted by molar-refractivity contribution is 0.000363. The number of anilines is 3. The highest BCUT2D eigenvalue weighted by Crippen LogP contribution is 2.36. The first-order valence-electron chi connectivity index (χ1n) is 12.8. The zero-order valence-electron chi connectivity index (χ0n) is 22.7. The lowest BCUT2D eigenvalue weighted by Crippen LogP contribution is -2.62. The molecular weight excluding hydrogens is 489 g/mol. The molecule has 0 aromatic carbocycles. The third-order valence-corrected chi connectivity index (χ3v) is 6.86. The summed E-state index contributed by atoms with van der Waals surface area (Å²) in [7, 11) is 0. The fraction of sp³-hybridized carbons (Fsp3) is 0.481. The molecule has 1 saturated heterocycles. The average molecular weight is 524 g/mol. The van der Waals surface area contributed by atoms with E-state index in [0.29, 0.717) is 44.1 Å². The normalized spacial score (nSPS) is 17.1. The molecule has 202 valence electrons. The van der Waals surface area contributed by atoms with Crippen LogP contribution in [0.1, 0.15) is 45.9 Å². The van der Waals surface area contributed by atoms with E-state index >= 15 is 0 Å². The Labute approximate surface area is 221 Å². The van der Waals surface area contributed by atoms with Crippen molar-refractivity contribution in [1.29, 1.82) is 0 Å². The molecule has 3 aromatic rings. The predicted molar refractivity (Wildman–Crippen MR) is 143 cm³/mol. The Morgan fingerprint density at radius 1 is 1.16 bits per heavy atom. The summed E-state index contributed by atoms with van der Waals surface area (Å²) in [4.78, 5) is 40.3. The maximum absolute atomic E-state index is 14.7. The maximum Gasteiger partial charge on any atom is 0.410 e. The molecular formula is C27H34FN7O3. The van der Waals surface area contributed by atoms with E-state index in [4.69, 9.17) is 4.74 Å². The highest BCUT2D eigenvalue weighted by molar-refractivity contribution is 6.03. The molecule has 0 spiro atoms. The molecule has 1 N–H and O–H groups in total. The van der Waals surface area contributed by atoms with Gasteiger partial charge in [-0.05, 0) is 54.0 Å². The summed E-state index contributed by atoms with van der Waals surface area (Å²) < 4.78 is 22.0. The highest BCUT2D eigenvalue weighted by Gasteiger charge is 2.40. The number of ether oxygens (including phenoxy) is 1. The van der Waals surface area contributed by atoms with Crippen molar-refractivity contribution in [2.24, 2.45) is 0 Å². The molecule has 0 aliphatic carbocycles. The van der Waals surface area contributed by atoms with Crippen molar-refractivity contribution in [2.75, 3.05) is 41.3 Å². The molecule has 11 heteroatoms. The molecule has 5 rings (SSSR count).